The van der Waals surface area contributed by atoms with Crippen LogP contribution in [0.5, 0.6) is 5.75 Å². The molecule has 0 bridgehead atoms. The molecule has 0 aliphatic carbocycles. The first kappa shape index (κ1) is 20.8. The quantitative estimate of drug-likeness (QED) is 0.224. The van der Waals surface area contributed by atoms with Gasteiger partial charge in [-0.2, -0.15) is 5.26 Å². The lowest BCUT2D eigenvalue weighted by Crippen LogP contribution is -2.03. The summed E-state index contributed by atoms with van der Waals surface area (Å²) in [5, 5.41) is 9.23. The highest BCUT2D eigenvalue weighted by Gasteiger charge is 2.06. The Morgan fingerprint density at radius 1 is 1.04 bits per heavy atom. The molecule has 0 amide bonds. The zero-order valence-corrected chi connectivity index (χ0v) is 15.4. The first-order chi connectivity index (χ1) is 12.2. The SMILES string of the molecule is CCCCCCCCCCOC(=O)C=C(C#N)c1ccc(OC)cc1. The van der Waals surface area contributed by atoms with Crippen LogP contribution in [0.2, 0.25) is 0 Å². The van der Waals surface area contributed by atoms with E-state index in [1.54, 1.807) is 31.4 Å². The van der Waals surface area contributed by atoms with Crippen LogP contribution in [-0.2, 0) is 9.53 Å². The number of nitrogens with zero attached hydrogens (tertiary/aromatic N) is 1. The number of benzene rings is 1. The molecule has 0 saturated heterocycles. The van der Waals surface area contributed by atoms with Crippen molar-refractivity contribution in [2.45, 2.75) is 58.3 Å². The molecule has 0 saturated carbocycles. The van der Waals surface area contributed by atoms with Gasteiger partial charge in [0.25, 0.3) is 0 Å². The van der Waals surface area contributed by atoms with Crippen molar-refractivity contribution in [1.29, 1.82) is 5.26 Å². The number of unbranched alkanes of at least 4 members (excludes halogenated alkanes) is 7. The fourth-order valence-corrected chi connectivity index (χ4v) is 2.52. The monoisotopic (exact) mass is 343 g/mol. The summed E-state index contributed by atoms with van der Waals surface area (Å²) in [6.07, 6.45) is 10.8. The van der Waals surface area contributed by atoms with Crippen molar-refractivity contribution >= 4 is 11.5 Å². The van der Waals surface area contributed by atoms with Gasteiger partial charge in [-0.05, 0) is 36.2 Å². The molecule has 1 aromatic rings. The number of methoxy groups -OCH3 is 1. The smallest absolute Gasteiger partial charge is 0.332 e. The van der Waals surface area contributed by atoms with Crippen LogP contribution in [0.4, 0.5) is 0 Å². The van der Waals surface area contributed by atoms with Crippen LogP contribution < -0.4 is 4.74 Å². The molecule has 0 spiro atoms. The van der Waals surface area contributed by atoms with Crippen LogP contribution in [0.1, 0.15) is 63.9 Å². The van der Waals surface area contributed by atoms with E-state index in [1.807, 2.05) is 6.07 Å². The van der Waals surface area contributed by atoms with E-state index < -0.39 is 5.97 Å². The largest absolute Gasteiger partial charge is 0.497 e. The minimum atomic E-state index is -0.463. The van der Waals surface area contributed by atoms with Crippen LogP contribution in [0, 0.1) is 11.3 Å². The third-order valence-corrected chi connectivity index (χ3v) is 4.03. The lowest BCUT2D eigenvalue weighted by molar-refractivity contribution is -0.137. The van der Waals surface area contributed by atoms with Crippen molar-refractivity contribution in [2.24, 2.45) is 0 Å². The van der Waals surface area contributed by atoms with Gasteiger partial charge in [-0.1, -0.05) is 51.9 Å². The van der Waals surface area contributed by atoms with Crippen molar-refractivity contribution in [3.05, 3.63) is 35.9 Å². The number of ether oxygens (including phenoxy) is 2. The normalized spacial score (nSPS) is 11.0. The van der Waals surface area contributed by atoms with Crippen LogP contribution in [0.15, 0.2) is 30.3 Å². The molecule has 4 nitrogen and oxygen atoms in total. The van der Waals surface area contributed by atoms with Crippen molar-refractivity contribution in [2.75, 3.05) is 13.7 Å². The number of hydrogen-bond acceptors (Lipinski definition) is 4. The summed E-state index contributed by atoms with van der Waals surface area (Å²) < 4.78 is 10.3. The maximum absolute atomic E-state index is 11.8. The van der Waals surface area contributed by atoms with Gasteiger partial charge in [0.05, 0.1) is 19.3 Å². The third kappa shape index (κ3) is 8.95. The Morgan fingerprint density at radius 3 is 2.20 bits per heavy atom. The highest BCUT2D eigenvalue weighted by Crippen LogP contribution is 2.18. The molecule has 0 heterocycles. The van der Waals surface area contributed by atoms with Gasteiger partial charge in [-0.15, -0.1) is 0 Å². The van der Waals surface area contributed by atoms with Crippen molar-refractivity contribution in [3.8, 4) is 11.8 Å². The Balaban J connectivity index is 2.28. The van der Waals surface area contributed by atoms with Gasteiger partial charge < -0.3 is 9.47 Å². The number of rotatable bonds is 12. The Hall–Kier alpha value is -2.28. The van der Waals surface area contributed by atoms with Gasteiger partial charge >= 0.3 is 5.97 Å². The number of nitriles is 1. The average molecular weight is 343 g/mol. The van der Waals surface area contributed by atoms with E-state index in [9.17, 15) is 10.1 Å². The summed E-state index contributed by atoms with van der Waals surface area (Å²) in [6, 6.07) is 9.05. The van der Waals surface area contributed by atoms with Gasteiger partial charge in [0.1, 0.15) is 11.8 Å². The van der Waals surface area contributed by atoms with Crippen molar-refractivity contribution < 1.29 is 14.3 Å². The lowest BCUT2D eigenvalue weighted by atomic mass is 10.1. The standard InChI is InChI=1S/C21H29NO3/c1-3-4-5-6-7-8-9-10-15-25-21(23)16-19(17-22)18-11-13-20(24-2)14-12-18/h11-14,16H,3-10,15H2,1-2H3. The molecule has 0 fully saturated rings. The average Bonchev–Trinajstić information content (AvgIpc) is 2.65. The Kier molecular flexibility index (Phi) is 10.8. The van der Waals surface area contributed by atoms with Crippen LogP contribution >= 0.6 is 0 Å². The Bertz CT molecular complexity index is 570. The molecule has 0 aliphatic heterocycles. The van der Waals surface area contributed by atoms with E-state index in [2.05, 4.69) is 6.92 Å². The van der Waals surface area contributed by atoms with Crippen LogP contribution in [0.3, 0.4) is 0 Å². The number of hydrogen-bond donors (Lipinski definition) is 0. The maximum atomic E-state index is 11.8. The van der Waals surface area contributed by atoms with Crippen LogP contribution in [-0.4, -0.2) is 19.7 Å². The third-order valence-electron chi connectivity index (χ3n) is 4.03. The van der Waals surface area contributed by atoms with E-state index in [-0.39, 0.29) is 0 Å². The second kappa shape index (κ2) is 13.1. The van der Waals surface area contributed by atoms with E-state index in [1.165, 1.54) is 44.6 Å². The molecular weight excluding hydrogens is 314 g/mol. The zero-order valence-electron chi connectivity index (χ0n) is 15.4. The fraction of sp³-hybridized carbons (Fsp3) is 0.524. The molecular formula is C21H29NO3. The molecule has 4 heteroatoms. The summed E-state index contributed by atoms with van der Waals surface area (Å²) in [5.74, 6) is 0.244. The van der Waals surface area contributed by atoms with E-state index in [0.717, 1.165) is 12.8 Å². The van der Waals surface area contributed by atoms with Gasteiger partial charge in [0.15, 0.2) is 0 Å². The molecule has 0 atom stereocenters. The fourth-order valence-electron chi connectivity index (χ4n) is 2.52. The molecule has 0 N–H and O–H groups in total. The predicted molar refractivity (Wildman–Crippen MR) is 100 cm³/mol. The van der Waals surface area contributed by atoms with Crippen molar-refractivity contribution in [1.82, 2.24) is 0 Å². The Morgan fingerprint density at radius 2 is 1.64 bits per heavy atom. The number of carbonyl (C=O) groups is 1. The minimum absolute atomic E-state index is 0.295. The maximum Gasteiger partial charge on any atom is 0.332 e. The second-order valence-corrected chi connectivity index (χ2v) is 6.04. The molecule has 0 aromatic heterocycles. The lowest BCUT2D eigenvalue weighted by Gasteiger charge is -2.04. The summed E-state index contributed by atoms with van der Waals surface area (Å²) in [4.78, 5) is 11.8. The topological polar surface area (TPSA) is 59.3 Å². The van der Waals surface area contributed by atoms with E-state index in [4.69, 9.17) is 9.47 Å². The van der Waals surface area contributed by atoms with Crippen LogP contribution in [0.25, 0.3) is 5.57 Å². The molecule has 136 valence electrons. The first-order valence-electron chi connectivity index (χ1n) is 9.14. The summed E-state index contributed by atoms with van der Waals surface area (Å²) in [7, 11) is 1.58. The summed E-state index contributed by atoms with van der Waals surface area (Å²) in [5.41, 5.74) is 0.968. The predicted octanol–water partition coefficient (Wildman–Crippen LogP) is 5.29. The van der Waals surface area contributed by atoms with Gasteiger partial charge in [0.2, 0.25) is 0 Å². The van der Waals surface area contributed by atoms with E-state index in [0.29, 0.717) is 23.5 Å². The molecule has 0 unspecified atom stereocenters. The highest BCUT2D eigenvalue weighted by molar-refractivity contribution is 5.95. The van der Waals surface area contributed by atoms with Gasteiger partial charge in [-0.3, -0.25) is 0 Å². The summed E-state index contributed by atoms with van der Waals surface area (Å²) >= 11 is 0. The highest BCUT2D eigenvalue weighted by atomic mass is 16.5. The number of esters is 1. The summed E-state index contributed by atoms with van der Waals surface area (Å²) in [6.45, 7) is 2.63. The number of allylic oxidation sites excluding steroid dienone is 1. The Labute approximate surface area is 151 Å². The zero-order chi connectivity index (χ0) is 18.3. The minimum Gasteiger partial charge on any atom is -0.497 e. The molecule has 25 heavy (non-hydrogen) atoms. The van der Waals surface area contributed by atoms with Crippen molar-refractivity contribution in [3.63, 3.8) is 0 Å². The van der Waals surface area contributed by atoms with E-state index >= 15 is 0 Å². The molecule has 0 aliphatic rings. The molecule has 0 radical (unpaired) electrons. The first-order valence-corrected chi connectivity index (χ1v) is 9.14. The second-order valence-electron chi connectivity index (χ2n) is 6.04. The molecule has 1 rings (SSSR count). The number of carbonyl (C=O) groups excluding carboxylic acids is 1. The van der Waals surface area contributed by atoms with Gasteiger partial charge in [0, 0.05) is 6.08 Å². The van der Waals surface area contributed by atoms with Gasteiger partial charge in [-0.25, -0.2) is 4.79 Å². The molecule has 1 aromatic carbocycles.